The van der Waals surface area contributed by atoms with Gasteiger partial charge in [-0.15, -0.1) is 0 Å². The van der Waals surface area contributed by atoms with Gasteiger partial charge in [-0.1, -0.05) is 24.4 Å². The highest BCUT2D eigenvalue weighted by atomic mass is 35.5. The predicted octanol–water partition coefficient (Wildman–Crippen LogP) is 3.00. The van der Waals surface area contributed by atoms with Crippen molar-refractivity contribution in [2.75, 3.05) is 18.0 Å². The molecule has 0 amide bonds. The highest BCUT2D eigenvalue weighted by Gasteiger charge is 2.18. The lowest BCUT2D eigenvalue weighted by molar-refractivity contribution is 0.584. The molecule has 0 radical (unpaired) electrons. The van der Waals surface area contributed by atoms with E-state index in [1.54, 1.807) is 6.07 Å². The molecule has 22 heavy (non-hydrogen) atoms. The molecule has 3 heterocycles. The van der Waals surface area contributed by atoms with Crippen LogP contribution >= 0.6 is 11.6 Å². The van der Waals surface area contributed by atoms with Crippen LogP contribution in [0.4, 0.5) is 10.2 Å². The fourth-order valence-electron chi connectivity index (χ4n) is 2.63. The monoisotopic (exact) mass is 322 g/mol. The number of aromatic amines is 1. The van der Waals surface area contributed by atoms with Crippen molar-refractivity contribution in [3.63, 3.8) is 0 Å². The van der Waals surface area contributed by atoms with Crippen molar-refractivity contribution in [1.82, 2.24) is 15.0 Å². The Balaban J connectivity index is 2.05. The topological polar surface area (TPSA) is 61.9 Å². The molecule has 7 heteroatoms. The third kappa shape index (κ3) is 3.11. The fraction of sp³-hybridized carbons (Fsp3) is 0.400. The van der Waals surface area contributed by atoms with Crippen LogP contribution in [0, 0.1) is 5.95 Å². The SMILES string of the molecule is O=c1[nH]c(-c2ccnc(F)c2)nc(N2CCCCCC2)c1Cl. The van der Waals surface area contributed by atoms with E-state index in [1.165, 1.54) is 25.1 Å². The molecule has 1 aliphatic heterocycles. The lowest BCUT2D eigenvalue weighted by Crippen LogP contribution is -2.28. The smallest absolute Gasteiger partial charge is 0.272 e. The van der Waals surface area contributed by atoms with Gasteiger partial charge in [0.1, 0.15) is 10.8 Å². The number of halogens is 2. The quantitative estimate of drug-likeness (QED) is 0.863. The molecule has 0 aromatic carbocycles. The zero-order chi connectivity index (χ0) is 15.5. The van der Waals surface area contributed by atoms with Gasteiger partial charge in [0.2, 0.25) is 5.95 Å². The van der Waals surface area contributed by atoms with Crippen LogP contribution in [0.1, 0.15) is 25.7 Å². The lowest BCUT2D eigenvalue weighted by Gasteiger charge is -2.22. The summed E-state index contributed by atoms with van der Waals surface area (Å²) in [7, 11) is 0. The number of nitrogens with zero attached hydrogens (tertiary/aromatic N) is 3. The van der Waals surface area contributed by atoms with Crippen LogP contribution < -0.4 is 10.5 Å². The van der Waals surface area contributed by atoms with Crippen molar-refractivity contribution >= 4 is 17.4 Å². The molecule has 0 aliphatic carbocycles. The second kappa shape index (κ2) is 6.44. The third-order valence-electron chi connectivity index (χ3n) is 3.75. The Hall–Kier alpha value is -1.95. The Labute approximate surface area is 132 Å². The highest BCUT2D eigenvalue weighted by Crippen LogP contribution is 2.25. The molecule has 1 aliphatic rings. The first-order valence-corrected chi connectivity index (χ1v) is 7.69. The first-order chi connectivity index (χ1) is 10.6. The first kappa shape index (κ1) is 15.0. The number of nitrogens with one attached hydrogen (secondary N) is 1. The van der Waals surface area contributed by atoms with E-state index in [1.807, 2.05) is 4.90 Å². The minimum Gasteiger partial charge on any atom is -0.355 e. The fourth-order valence-corrected chi connectivity index (χ4v) is 2.83. The number of rotatable bonds is 2. The number of pyridine rings is 1. The van der Waals surface area contributed by atoms with E-state index in [4.69, 9.17) is 11.6 Å². The van der Waals surface area contributed by atoms with E-state index < -0.39 is 11.5 Å². The van der Waals surface area contributed by atoms with Crippen LogP contribution in [0.2, 0.25) is 5.02 Å². The van der Waals surface area contributed by atoms with Gasteiger partial charge in [0, 0.05) is 30.9 Å². The van der Waals surface area contributed by atoms with Crippen LogP contribution in [0.3, 0.4) is 0 Å². The van der Waals surface area contributed by atoms with Gasteiger partial charge < -0.3 is 9.88 Å². The number of hydrogen-bond acceptors (Lipinski definition) is 4. The number of H-pyrrole nitrogens is 1. The molecule has 1 N–H and O–H groups in total. The number of hydrogen-bond donors (Lipinski definition) is 1. The molecule has 0 atom stereocenters. The van der Waals surface area contributed by atoms with E-state index in [0.717, 1.165) is 25.9 Å². The Morgan fingerprint density at radius 3 is 2.64 bits per heavy atom. The normalized spacial score (nSPS) is 15.6. The maximum atomic E-state index is 13.3. The van der Waals surface area contributed by atoms with Crippen LogP contribution in [-0.4, -0.2) is 28.0 Å². The summed E-state index contributed by atoms with van der Waals surface area (Å²) >= 11 is 6.14. The molecule has 0 bridgehead atoms. The van der Waals surface area contributed by atoms with Crippen molar-refractivity contribution in [2.24, 2.45) is 0 Å². The largest absolute Gasteiger partial charge is 0.355 e. The number of anilines is 1. The average molecular weight is 323 g/mol. The molecule has 5 nitrogen and oxygen atoms in total. The van der Waals surface area contributed by atoms with E-state index in [9.17, 15) is 9.18 Å². The van der Waals surface area contributed by atoms with Crippen LogP contribution in [0.5, 0.6) is 0 Å². The van der Waals surface area contributed by atoms with Gasteiger partial charge in [0.25, 0.3) is 5.56 Å². The van der Waals surface area contributed by atoms with Crippen molar-refractivity contribution in [3.05, 3.63) is 39.7 Å². The highest BCUT2D eigenvalue weighted by molar-refractivity contribution is 6.32. The second-order valence-corrected chi connectivity index (χ2v) is 5.70. The summed E-state index contributed by atoms with van der Waals surface area (Å²) in [6, 6.07) is 2.83. The first-order valence-electron chi connectivity index (χ1n) is 7.32. The molecule has 116 valence electrons. The van der Waals surface area contributed by atoms with E-state index >= 15 is 0 Å². The molecule has 0 unspecified atom stereocenters. The molecule has 0 spiro atoms. The Bertz CT molecular complexity index is 726. The third-order valence-corrected chi connectivity index (χ3v) is 4.09. The van der Waals surface area contributed by atoms with Gasteiger partial charge in [0.05, 0.1) is 0 Å². The van der Waals surface area contributed by atoms with E-state index in [0.29, 0.717) is 17.2 Å². The molecular weight excluding hydrogens is 307 g/mol. The van der Waals surface area contributed by atoms with Crippen molar-refractivity contribution < 1.29 is 4.39 Å². The summed E-state index contributed by atoms with van der Waals surface area (Å²) in [5.41, 5.74) is 0.0560. The average Bonchev–Trinajstić information content (AvgIpc) is 2.79. The van der Waals surface area contributed by atoms with Crippen LogP contribution in [0.15, 0.2) is 23.1 Å². The molecule has 2 aromatic heterocycles. The standard InChI is InChI=1S/C15H16ClFN4O/c16-12-14(21-7-3-1-2-4-8-21)19-13(20-15(12)22)10-5-6-18-11(17)9-10/h5-6,9H,1-4,7-8H2,(H,19,20,22). The van der Waals surface area contributed by atoms with Crippen molar-refractivity contribution in [1.29, 1.82) is 0 Å². The van der Waals surface area contributed by atoms with Crippen LogP contribution in [-0.2, 0) is 0 Å². The summed E-state index contributed by atoms with van der Waals surface area (Å²) in [6.45, 7) is 1.64. The van der Waals surface area contributed by atoms with Gasteiger partial charge in [-0.2, -0.15) is 4.39 Å². The zero-order valence-corrected chi connectivity index (χ0v) is 12.7. The summed E-state index contributed by atoms with van der Waals surface area (Å²) in [5.74, 6) is 0.154. The molecule has 3 rings (SSSR count). The molecule has 2 aromatic rings. The van der Waals surface area contributed by atoms with E-state index in [-0.39, 0.29) is 5.02 Å². The Morgan fingerprint density at radius 1 is 1.23 bits per heavy atom. The number of aromatic nitrogens is 3. The predicted molar refractivity (Wildman–Crippen MR) is 83.7 cm³/mol. The van der Waals surface area contributed by atoms with Gasteiger partial charge in [-0.25, -0.2) is 9.97 Å². The minimum atomic E-state index is -0.619. The maximum Gasteiger partial charge on any atom is 0.272 e. The molecular formula is C15H16ClFN4O. The van der Waals surface area contributed by atoms with Gasteiger partial charge in [-0.3, -0.25) is 4.79 Å². The summed E-state index contributed by atoms with van der Waals surface area (Å²) in [4.78, 5) is 24.7. The molecule has 1 fully saturated rings. The van der Waals surface area contributed by atoms with Gasteiger partial charge >= 0.3 is 0 Å². The van der Waals surface area contributed by atoms with Gasteiger partial charge in [-0.05, 0) is 18.9 Å². The summed E-state index contributed by atoms with van der Waals surface area (Å²) in [5, 5.41) is 0.0835. The Kier molecular flexibility index (Phi) is 4.38. The maximum absolute atomic E-state index is 13.3. The molecule has 0 saturated carbocycles. The zero-order valence-electron chi connectivity index (χ0n) is 12.0. The summed E-state index contributed by atoms with van der Waals surface area (Å²) in [6.07, 6.45) is 5.76. The van der Waals surface area contributed by atoms with E-state index in [2.05, 4.69) is 15.0 Å². The second-order valence-electron chi connectivity index (χ2n) is 5.32. The van der Waals surface area contributed by atoms with Crippen LogP contribution in [0.25, 0.3) is 11.4 Å². The summed E-state index contributed by atoms with van der Waals surface area (Å²) < 4.78 is 13.3. The van der Waals surface area contributed by atoms with Crippen molar-refractivity contribution in [3.8, 4) is 11.4 Å². The van der Waals surface area contributed by atoms with Gasteiger partial charge in [0.15, 0.2) is 5.82 Å². The van der Waals surface area contributed by atoms with Crippen molar-refractivity contribution in [2.45, 2.75) is 25.7 Å². The lowest BCUT2D eigenvalue weighted by atomic mass is 10.2. The Morgan fingerprint density at radius 2 is 1.95 bits per heavy atom. The molecule has 1 saturated heterocycles. The minimum absolute atomic E-state index is 0.0835.